The van der Waals surface area contributed by atoms with Gasteiger partial charge in [0.2, 0.25) is 0 Å². The van der Waals surface area contributed by atoms with Gasteiger partial charge in [-0.25, -0.2) is 4.79 Å². The number of hydrogen-bond acceptors (Lipinski definition) is 25. The summed E-state index contributed by atoms with van der Waals surface area (Å²) in [5, 5.41) is 122. The largest absolute Gasteiger partial charge is 0.479 e. The fourth-order valence-corrected chi connectivity index (χ4v) is 17.1. The molecule has 8 fully saturated rings. The third kappa shape index (κ3) is 11.1. The molecule has 0 unspecified atom stereocenters. The van der Waals surface area contributed by atoms with Gasteiger partial charge in [-0.05, 0) is 90.8 Å². The van der Waals surface area contributed by atoms with Crippen LogP contribution in [-0.2, 0) is 71.3 Å². The van der Waals surface area contributed by atoms with Crippen LogP contribution < -0.4 is 0 Å². The highest BCUT2D eigenvalue weighted by molar-refractivity contribution is 5.73. The van der Waals surface area contributed by atoms with E-state index < -0.39 is 181 Å². The van der Waals surface area contributed by atoms with Crippen molar-refractivity contribution in [2.75, 3.05) is 26.4 Å². The third-order valence-corrected chi connectivity index (χ3v) is 21.9. The summed E-state index contributed by atoms with van der Waals surface area (Å²) in [4.78, 5) is 49.1. The maximum atomic E-state index is 12.4. The Balaban J connectivity index is 0.950. The molecule has 9 rings (SSSR count). The van der Waals surface area contributed by atoms with Gasteiger partial charge in [-0.2, -0.15) is 0 Å². The summed E-state index contributed by atoms with van der Waals surface area (Å²) in [5.74, 6) is -4.17. The van der Waals surface area contributed by atoms with Crippen molar-refractivity contribution >= 4 is 23.9 Å². The van der Waals surface area contributed by atoms with E-state index in [2.05, 4.69) is 33.8 Å². The monoisotopic (exact) mass is 1200 g/mol. The number of aliphatic hydroxyl groups excluding tert-OH is 10. The molecule has 0 bridgehead atoms. The number of carboxylic acids is 1. The van der Waals surface area contributed by atoms with E-state index in [-0.39, 0.29) is 48.4 Å². The lowest BCUT2D eigenvalue weighted by Crippen LogP contribution is -2.69. The first-order valence-corrected chi connectivity index (χ1v) is 29.5. The second-order valence-corrected chi connectivity index (χ2v) is 27.3. The zero-order chi connectivity index (χ0) is 61.7. The SMILES string of the molecule is CC(=O)O[C@@H]1[C@@H](OC(C)=O)[C@H](O[C@@H]2[C@@H](O)[C@H](O[C@@H]3[C@H](O)C(C)(C)C[C@H]4C5=CC[C@@H]6[C@@]7(C)CC[C@H](O[C@@H]8O[C@H](C(=O)O)[C@@H](O)[C@H](O)[C@H]8O[C@@H]8O[C@H](CO)[C@H](O)[C@H](O)[C@H]8O)[C@](C)(CO)[C@@H]7CC[C@@]6(C)[C@]5(C)CC[C@@]34C)OC[C@@H]2O)OC[C@H]1OC(C)=O. The number of carbonyl (C=O) groups excluding carboxylic acids is 3. The minimum atomic E-state index is -2.05. The van der Waals surface area contributed by atoms with Gasteiger partial charge in [-0.3, -0.25) is 14.4 Å². The number of ether oxygens (including phenoxy) is 11. The van der Waals surface area contributed by atoms with Crippen molar-refractivity contribution in [1.82, 2.24) is 0 Å². The summed E-state index contributed by atoms with van der Waals surface area (Å²) in [6.07, 6.45) is -25.6. The molecule has 9 aliphatic rings. The topological polar surface area (TPSA) is 392 Å². The van der Waals surface area contributed by atoms with Crippen LogP contribution in [0.2, 0.25) is 0 Å². The zero-order valence-corrected chi connectivity index (χ0v) is 49.5. The van der Waals surface area contributed by atoms with Gasteiger partial charge in [-0.1, -0.05) is 60.1 Å². The summed E-state index contributed by atoms with van der Waals surface area (Å²) >= 11 is 0. The van der Waals surface area contributed by atoms with Crippen molar-refractivity contribution in [2.24, 2.45) is 50.2 Å². The molecule has 4 heterocycles. The number of esters is 3. The number of allylic oxidation sites excluding steroid dienone is 2. The summed E-state index contributed by atoms with van der Waals surface area (Å²) in [5.41, 5.74) is -2.31. The smallest absolute Gasteiger partial charge is 0.335 e. The van der Waals surface area contributed by atoms with E-state index in [9.17, 15) is 75.3 Å². The van der Waals surface area contributed by atoms with E-state index in [1.54, 1.807) is 0 Å². The van der Waals surface area contributed by atoms with Crippen LogP contribution in [0.25, 0.3) is 0 Å². The van der Waals surface area contributed by atoms with E-state index in [1.807, 2.05) is 20.8 Å². The Kier molecular flexibility index (Phi) is 18.7. The van der Waals surface area contributed by atoms with E-state index in [0.29, 0.717) is 44.9 Å². The van der Waals surface area contributed by atoms with E-state index in [4.69, 9.17) is 52.1 Å². The van der Waals surface area contributed by atoms with E-state index >= 15 is 0 Å². The fraction of sp³-hybridized carbons (Fsp3) is 0.897. The normalized spacial score (nSPS) is 50.9. The quantitative estimate of drug-likeness (QED) is 0.0450. The predicted octanol–water partition coefficient (Wildman–Crippen LogP) is -0.537. The van der Waals surface area contributed by atoms with Crippen LogP contribution in [0.15, 0.2) is 11.6 Å². The fourth-order valence-electron chi connectivity index (χ4n) is 17.1. The molecule has 29 atom stereocenters. The van der Waals surface area contributed by atoms with E-state index in [0.717, 1.165) is 27.2 Å². The second-order valence-electron chi connectivity index (χ2n) is 27.3. The molecule has 26 nitrogen and oxygen atoms in total. The molecule has 4 saturated heterocycles. The molecule has 4 aliphatic heterocycles. The number of hydrogen-bond donors (Lipinski definition) is 11. The van der Waals surface area contributed by atoms with Crippen molar-refractivity contribution in [1.29, 1.82) is 0 Å². The third-order valence-electron chi connectivity index (χ3n) is 21.9. The van der Waals surface area contributed by atoms with Crippen LogP contribution in [0.4, 0.5) is 0 Å². The molecule has 11 N–H and O–H groups in total. The second kappa shape index (κ2) is 24.0. The molecule has 5 aliphatic carbocycles. The Labute approximate surface area is 487 Å². The van der Waals surface area contributed by atoms with Crippen LogP contribution in [0.3, 0.4) is 0 Å². The van der Waals surface area contributed by atoms with Gasteiger partial charge in [0, 0.05) is 31.6 Å². The lowest BCUT2D eigenvalue weighted by molar-refractivity contribution is -0.375. The van der Waals surface area contributed by atoms with Gasteiger partial charge in [0.05, 0.1) is 44.7 Å². The molecular weight excluding hydrogens is 1110 g/mol. The Bertz CT molecular complexity index is 2440. The Morgan fingerprint density at radius 3 is 1.87 bits per heavy atom. The Hall–Kier alpha value is -3.10. The van der Waals surface area contributed by atoms with Crippen LogP contribution in [-0.4, -0.2) is 235 Å². The first-order valence-electron chi connectivity index (χ1n) is 29.5. The zero-order valence-electron chi connectivity index (χ0n) is 49.5. The van der Waals surface area contributed by atoms with Crippen LogP contribution in [0.1, 0.15) is 121 Å². The van der Waals surface area contributed by atoms with Crippen LogP contribution in [0.5, 0.6) is 0 Å². The standard InChI is InChI=1S/C58H90O26/c1-24(61)76-31-22-75-51(45(78-26(3)63)42(31)77-25(2)62)81-41-29(64)21-74-49(40(41)70)84-47-46(71)53(4,5)19-28-27-11-12-33-55(7)15-14-34(56(8,23-60)32(55)13-16-58(33,10)57(27,9)18-17-54(28,47)6)80-52-44(38(68)37(67)43(82-52)48(72)73)83-50-39(69)36(66)35(65)30(20-59)79-50/h11,28-47,49-52,59-60,64-71H,12-23H2,1-10H3,(H,72,73)/t28-,29-,30+,31+,32+,33+,34-,35-,36-,37-,38-,39+,40+,41-,42-,43-,44+,45+,46-,47+,49-,50-,51-,52+,54+,55-,56+,57+,58+/m0/s1. The molecule has 478 valence electrons. The molecule has 0 amide bonds. The van der Waals surface area contributed by atoms with Gasteiger partial charge in [0.15, 0.2) is 49.6 Å². The lowest BCUT2D eigenvalue weighted by atomic mass is 9.33. The van der Waals surface area contributed by atoms with Crippen molar-refractivity contribution < 1.29 is 127 Å². The first kappa shape index (κ1) is 65.3. The molecule has 0 aromatic carbocycles. The van der Waals surface area contributed by atoms with Crippen molar-refractivity contribution in [3.63, 3.8) is 0 Å². The minimum Gasteiger partial charge on any atom is -0.479 e. The summed E-state index contributed by atoms with van der Waals surface area (Å²) in [6.45, 7) is 16.4. The number of aliphatic hydroxyl groups is 10. The summed E-state index contributed by atoms with van der Waals surface area (Å²) in [6, 6.07) is 0. The predicted molar refractivity (Wildman–Crippen MR) is 283 cm³/mol. The summed E-state index contributed by atoms with van der Waals surface area (Å²) in [7, 11) is 0. The molecule has 0 aromatic heterocycles. The molecule has 26 heteroatoms. The van der Waals surface area contributed by atoms with Gasteiger partial charge >= 0.3 is 23.9 Å². The minimum absolute atomic E-state index is 0.0732. The van der Waals surface area contributed by atoms with Crippen molar-refractivity contribution in [3.05, 3.63) is 11.6 Å². The molecule has 0 radical (unpaired) electrons. The van der Waals surface area contributed by atoms with Gasteiger partial charge in [-0.15, -0.1) is 0 Å². The summed E-state index contributed by atoms with van der Waals surface area (Å²) < 4.78 is 65.3. The van der Waals surface area contributed by atoms with Crippen molar-refractivity contribution in [2.45, 2.75) is 250 Å². The average molecular weight is 1200 g/mol. The van der Waals surface area contributed by atoms with Crippen molar-refractivity contribution in [3.8, 4) is 0 Å². The van der Waals surface area contributed by atoms with Crippen LogP contribution in [0, 0.1) is 50.2 Å². The average Bonchev–Trinajstić information content (AvgIpc) is 0.687. The number of aliphatic carboxylic acids is 1. The van der Waals surface area contributed by atoms with Gasteiger partial charge in [0.1, 0.15) is 61.0 Å². The molecular formula is C58H90O26. The number of carboxylic acid groups (broad SMARTS) is 1. The highest BCUT2D eigenvalue weighted by atomic mass is 16.8. The van der Waals surface area contributed by atoms with E-state index in [1.165, 1.54) is 5.57 Å². The lowest BCUT2D eigenvalue weighted by Gasteiger charge is -2.72. The number of rotatable bonds is 14. The maximum absolute atomic E-state index is 12.4. The Morgan fingerprint density at radius 1 is 0.595 bits per heavy atom. The van der Waals surface area contributed by atoms with Gasteiger partial charge < -0.3 is 108 Å². The highest BCUT2D eigenvalue weighted by Gasteiger charge is 2.71. The number of fused-ring (bicyclic) bond motifs is 7. The molecule has 0 spiro atoms. The van der Waals surface area contributed by atoms with Gasteiger partial charge in [0.25, 0.3) is 0 Å². The highest BCUT2D eigenvalue weighted by Crippen LogP contribution is 2.76. The van der Waals surface area contributed by atoms with Crippen LogP contribution >= 0.6 is 0 Å². The number of carbonyl (C=O) groups is 4. The molecule has 4 saturated carbocycles. The molecule has 0 aromatic rings. The maximum Gasteiger partial charge on any atom is 0.335 e. The Morgan fingerprint density at radius 2 is 1.24 bits per heavy atom. The first-order chi connectivity index (χ1) is 39.2. The molecule has 84 heavy (non-hydrogen) atoms.